The van der Waals surface area contributed by atoms with Crippen LogP contribution in [0, 0.1) is 30.6 Å². The van der Waals surface area contributed by atoms with Crippen LogP contribution in [0.5, 0.6) is 0 Å². The van der Waals surface area contributed by atoms with Crippen molar-refractivity contribution < 1.29 is 4.79 Å². The van der Waals surface area contributed by atoms with E-state index in [1.807, 2.05) is 35.9 Å². The minimum Gasteiger partial charge on any atom is -0.347 e. The van der Waals surface area contributed by atoms with E-state index in [1.165, 1.54) is 32.1 Å². The van der Waals surface area contributed by atoms with Crippen molar-refractivity contribution in [2.24, 2.45) is 23.7 Å². The highest BCUT2D eigenvalue weighted by Gasteiger charge is 2.48. The SMILES string of the molecule is Cc1c(C(=O)NC2C3CC4CC(C3)CC2C4)nn(C(C)C)c1-c1ccc(Cl)cc1. The minimum atomic E-state index is -0.00501. The number of carbonyl (C=O) groups excluding carboxylic acids is 1. The molecule has 1 N–H and O–H groups in total. The number of benzene rings is 1. The van der Waals surface area contributed by atoms with Gasteiger partial charge in [-0.25, -0.2) is 0 Å². The van der Waals surface area contributed by atoms with Crippen molar-refractivity contribution in [3.63, 3.8) is 0 Å². The van der Waals surface area contributed by atoms with Crippen LogP contribution in [0.1, 0.15) is 68.0 Å². The lowest BCUT2D eigenvalue weighted by Crippen LogP contribution is -2.55. The quantitative estimate of drug-likeness (QED) is 0.706. The van der Waals surface area contributed by atoms with Crippen molar-refractivity contribution in [1.82, 2.24) is 15.1 Å². The van der Waals surface area contributed by atoms with Gasteiger partial charge >= 0.3 is 0 Å². The highest BCUT2D eigenvalue weighted by atomic mass is 35.5. The molecule has 4 aliphatic carbocycles. The van der Waals surface area contributed by atoms with Crippen LogP contribution in [0.2, 0.25) is 5.02 Å². The van der Waals surface area contributed by atoms with E-state index in [-0.39, 0.29) is 11.9 Å². The first kappa shape index (κ1) is 19.2. The lowest BCUT2D eigenvalue weighted by molar-refractivity contribution is -0.0120. The second-order valence-corrected chi connectivity index (χ2v) is 10.2. The van der Waals surface area contributed by atoms with E-state index in [0.29, 0.717) is 28.6 Å². The zero-order chi connectivity index (χ0) is 20.3. The zero-order valence-electron chi connectivity index (χ0n) is 17.5. The maximum Gasteiger partial charge on any atom is 0.272 e. The van der Waals surface area contributed by atoms with Gasteiger partial charge in [-0.15, -0.1) is 0 Å². The van der Waals surface area contributed by atoms with Crippen LogP contribution in [0.15, 0.2) is 24.3 Å². The van der Waals surface area contributed by atoms with Gasteiger partial charge in [-0.3, -0.25) is 9.48 Å². The van der Waals surface area contributed by atoms with Crippen molar-refractivity contribution >= 4 is 17.5 Å². The van der Waals surface area contributed by atoms with Gasteiger partial charge in [0.2, 0.25) is 0 Å². The summed E-state index contributed by atoms with van der Waals surface area (Å²) in [6, 6.07) is 8.29. The van der Waals surface area contributed by atoms with Crippen LogP contribution in [-0.2, 0) is 0 Å². The second-order valence-electron chi connectivity index (χ2n) is 9.80. The summed E-state index contributed by atoms with van der Waals surface area (Å²) >= 11 is 6.08. The number of hydrogen-bond acceptors (Lipinski definition) is 2. The molecule has 6 rings (SSSR count). The molecule has 0 aliphatic heterocycles. The van der Waals surface area contributed by atoms with E-state index in [1.54, 1.807) is 0 Å². The van der Waals surface area contributed by atoms with E-state index < -0.39 is 0 Å². The molecular weight excluding hydrogens is 382 g/mol. The standard InChI is InChI=1S/C24H30ClN3O/c1-13(2)28-23(17-4-6-20(25)7-5-17)14(3)21(27-28)24(29)26-22-18-9-15-8-16(11-18)12-19(22)10-15/h4-7,13,15-16,18-19,22H,8-12H2,1-3H3,(H,26,29). The van der Waals surface area contributed by atoms with Gasteiger partial charge in [0.05, 0.1) is 5.69 Å². The Morgan fingerprint density at radius 2 is 1.66 bits per heavy atom. The monoisotopic (exact) mass is 411 g/mol. The number of amides is 1. The van der Waals surface area contributed by atoms with Gasteiger partial charge in [0, 0.05) is 28.2 Å². The fourth-order valence-corrected chi connectivity index (χ4v) is 6.57. The van der Waals surface area contributed by atoms with Crippen molar-refractivity contribution in [2.75, 3.05) is 0 Å². The molecule has 4 nitrogen and oxygen atoms in total. The number of carbonyl (C=O) groups is 1. The van der Waals surface area contributed by atoms with E-state index in [4.69, 9.17) is 16.7 Å². The molecule has 4 bridgehead atoms. The van der Waals surface area contributed by atoms with E-state index >= 15 is 0 Å². The Kier molecular flexibility index (Phi) is 4.73. The number of halogens is 1. The van der Waals surface area contributed by atoms with Gasteiger partial charge in [0.25, 0.3) is 5.91 Å². The van der Waals surface area contributed by atoms with Gasteiger partial charge in [-0.2, -0.15) is 5.10 Å². The first-order valence-electron chi connectivity index (χ1n) is 11.1. The number of rotatable bonds is 4. The van der Waals surface area contributed by atoms with Gasteiger partial charge in [0.1, 0.15) is 0 Å². The summed E-state index contributed by atoms with van der Waals surface area (Å²) in [7, 11) is 0. The summed E-state index contributed by atoms with van der Waals surface area (Å²) in [5.41, 5.74) is 3.56. The first-order chi connectivity index (χ1) is 13.9. The molecule has 0 spiro atoms. The Labute approximate surface area is 178 Å². The fraction of sp³-hybridized carbons (Fsp3) is 0.583. The van der Waals surface area contributed by atoms with Gasteiger partial charge in [-0.05, 0) is 88.7 Å². The third-order valence-electron chi connectivity index (χ3n) is 7.49. The normalized spacial score (nSPS) is 30.2. The molecule has 1 heterocycles. The number of aromatic nitrogens is 2. The number of nitrogens with one attached hydrogen (secondary N) is 1. The van der Waals surface area contributed by atoms with Gasteiger partial charge in [-0.1, -0.05) is 23.7 Å². The number of nitrogens with zero attached hydrogens (tertiary/aromatic N) is 2. The highest BCUT2D eigenvalue weighted by Crippen LogP contribution is 2.53. The van der Waals surface area contributed by atoms with E-state index in [2.05, 4.69) is 19.2 Å². The molecule has 1 aromatic carbocycles. The lowest BCUT2D eigenvalue weighted by Gasteiger charge is -2.54. The molecule has 2 aromatic rings. The summed E-state index contributed by atoms with van der Waals surface area (Å²) in [6.07, 6.45) is 6.62. The summed E-state index contributed by atoms with van der Waals surface area (Å²) in [5, 5.41) is 8.90. The Morgan fingerprint density at radius 3 is 2.21 bits per heavy atom. The molecule has 0 atom stereocenters. The van der Waals surface area contributed by atoms with Crippen LogP contribution < -0.4 is 5.32 Å². The molecular formula is C24H30ClN3O. The molecule has 1 aromatic heterocycles. The van der Waals surface area contributed by atoms with Gasteiger partial charge < -0.3 is 5.32 Å². The average Bonchev–Trinajstić information content (AvgIpc) is 3.02. The van der Waals surface area contributed by atoms with Crippen LogP contribution in [0.4, 0.5) is 0 Å². The summed E-state index contributed by atoms with van der Waals surface area (Å²) in [4.78, 5) is 13.3. The smallest absolute Gasteiger partial charge is 0.272 e. The predicted octanol–water partition coefficient (Wildman–Crippen LogP) is 5.65. The molecule has 29 heavy (non-hydrogen) atoms. The molecule has 0 unspecified atom stereocenters. The van der Waals surface area contributed by atoms with Gasteiger partial charge in [0.15, 0.2) is 5.69 Å². The van der Waals surface area contributed by atoms with Crippen molar-refractivity contribution in [2.45, 2.75) is 65.0 Å². The topological polar surface area (TPSA) is 46.9 Å². The van der Waals surface area contributed by atoms with Crippen LogP contribution in [0.25, 0.3) is 11.3 Å². The molecule has 0 radical (unpaired) electrons. The van der Waals surface area contributed by atoms with Crippen molar-refractivity contribution in [1.29, 1.82) is 0 Å². The fourth-order valence-electron chi connectivity index (χ4n) is 6.44. The van der Waals surface area contributed by atoms with Crippen molar-refractivity contribution in [3.05, 3.63) is 40.5 Å². The Bertz CT molecular complexity index is 902. The Hall–Kier alpha value is -1.81. The van der Waals surface area contributed by atoms with E-state index in [0.717, 1.165) is 28.7 Å². The maximum absolute atomic E-state index is 13.3. The molecule has 5 heteroatoms. The largest absolute Gasteiger partial charge is 0.347 e. The first-order valence-corrected chi connectivity index (χ1v) is 11.4. The molecule has 154 valence electrons. The lowest BCUT2D eigenvalue weighted by atomic mass is 9.54. The zero-order valence-corrected chi connectivity index (χ0v) is 18.2. The Morgan fingerprint density at radius 1 is 1.07 bits per heavy atom. The van der Waals surface area contributed by atoms with Crippen LogP contribution in [-0.4, -0.2) is 21.7 Å². The van der Waals surface area contributed by atoms with Crippen molar-refractivity contribution in [3.8, 4) is 11.3 Å². The van der Waals surface area contributed by atoms with Crippen LogP contribution in [0.3, 0.4) is 0 Å². The molecule has 4 saturated carbocycles. The van der Waals surface area contributed by atoms with Crippen LogP contribution >= 0.6 is 11.6 Å². The predicted molar refractivity (Wildman–Crippen MR) is 116 cm³/mol. The highest BCUT2D eigenvalue weighted by molar-refractivity contribution is 6.30. The minimum absolute atomic E-state index is 0.00501. The molecule has 4 fully saturated rings. The summed E-state index contributed by atoms with van der Waals surface area (Å²) < 4.78 is 1.98. The molecule has 1 amide bonds. The third kappa shape index (κ3) is 3.30. The second kappa shape index (κ2) is 7.16. The van der Waals surface area contributed by atoms with E-state index in [9.17, 15) is 4.79 Å². The summed E-state index contributed by atoms with van der Waals surface area (Å²) in [6.45, 7) is 6.22. The summed E-state index contributed by atoms with van der Waals surface area (Å²) in [5.74, 6) is 3.14. The third-order valence-corrected chi connectivity index (χ3v) is 7.75. The number of hydrogen-bond donors (Lipinski definition) is 1. The molecule has 4 aliphatic rings. The maximum atomic E-state index is 13.3. The molecule has 0 saturated heterocycles. The average molecular weight is 412 g/mol. The Balaban J connectivity index is 1.44.